The molecule has 3 aromatic rings. The molecule has 2 aromatic carbocycles. The number of hydrogen-bond acceptors (Lipinski definition) is 5. The third-order valence-electron chi connectivity index (χ3n) is 6.12. The minimum absolute atomic E-state index is 0.0847. The summed E-state index contributed by atoms with van der Waals surface area (Å²) in [5.74, 6) is 0.0396. The molecule has 1 saturated carbocycles. The van der Waals surface area contributed by atoms with Crippen molar-refractivity contribution in [1.82, 2.24) is 9.88 Å². The Kier molecular flexibility index (Phi) is 6.46. The van der Waals surface area contributed by atoms with Crippen LogP contribution in [-0.4, -0.2) is 35.1 Å². The summed E-state index contributed by atoms with van der Waals surface area (Å²) in [5, 5.41) is 12.3. The lowest BCUT2D eigenvalue weighted by Gasteiger charge is -2.27. The zero-order chi connectivity index (χ0) is 22.7. The number of nitrogens with zero attached hydrogens (tertiary/aromatic N) is 1. The van der Waals surface area contributed by atoms with Crippen LogP contribution >= 0.6 is 0 Å². The number of hydrogen-bond donors (Lipinski definition) is 4. The summed E-state index contributed by atoms with van der Waals surface area (Å²) in [4.78, 5) is 13.3. The predicted octanol–water partition coefficient (Wildman–Crippen LogP) is 3.63. The van der Waals surface area contributed by atoms with Crippen molar-refractivity contribution in [3.63, 3.8) is 0 Å². The van der Waals surface area contributed by atoms with Gasteiger partial charge in [-0.25, -0.2) is 0 Å². The minimum atomic E-state index is -0.0847. The molecule has 0 saturated heterocycles. The van der Waals surface area contributed by atoms with Gasteiger partial charge in [0.1, 0.15) is 5.69 Å². The number of nitrogen functional groups attached to an aromatic ring is 1. The number of rotatable bonds is 6. The van der Waals surface area contributed by atoms with E-state index in [2.05, 4.69) is 5.32 Å². The van der Waals surface area contributed by atoms with Gasteiger partial charge >= 0.3 is 0 Å². The fourth-order valence-electron chi connectivity index (χ4n) is 4.31. The Labute approximate surface area is 188 Å². The number of aromatic nitrogens is 1. The molecule has 1 aromatic heterocycles. The van der Waals surface area contributed by atoms with Gasteiger partial charge in [0.25, 0.3) is 5.91 Å². The van der Waals surface area contributed by atoms with Gasteiger partial charge < -0.3 is 26.1 Å². The summed E-state index contributed by atoms with van der Waals surface area (Å²) in [6.07, 6.45) is 3.67. The van der Waals surface area contributed by atoms with Crippen LogP contribution in [-0.2, 0) is 11.3 Å². The van der Waals surface area contributed by atoms with Crippen LogP contribution < -0.4 is 16.8 Å². The molecule has 0 aliphatic heterocycles. The first kappa shape index (κ1) is 21.9. The zero-order valence-electron chi connectivity index (χ0n) is 18.4. The van der Waals surface area contributed by atoms with E-state index in [0.29, 0.717) is 30.1 Å². The summed E-state index contributed by atoms with van der Waals surface area (Å²) >= 11 is 0. The van der Waals surface area contributed by atoms with Gasteiger partial charge in [-0.1, -0.05) is 18.2 Å². The molecule has 0 radical (unpaired) electrons. The van der Waals surface area contributed by atoms with Gasteiger partial charge in [-0.05, 0) is 68.5 Å². The Balaban J connectivity index is 1.70. The minimum Gasteiger partial charge on any atom is -0.478 e. The predicted molar refractivity (Wildman–Crippen MR) is 128 cm³/mol. The standard InChI is InChI=1S/C25H31N5O2/c1-2-32-24(28)18-6-5-17-13-23(25(31)29-21-11-9-20(27)10-12-21)30(22(17)14-18)15-16-3-7-19(26)8-4-16/h3-8,13-14,20-21,28H,2,9-12,15,26-27H2,1H3,(H,29,31)/t20-,21-. The molecule has 0 atom stereocenters. The van der Waals surface area contributed by atoms with E-state index in [4.69, 9.17) is 21.6 Å². The van der Waals surface area contributed by atoms with E-state index in [1.807, 2.05) is 60.0 Å². The molecular weight excluding hydrogens is 402 g/mol. The van der Waals surface area contributed by atoms with E-state index in [-0.39, 0.29) is 23.9 Å². The molecule has 1 aliphatic rings. The first-order chi connectivity index (χ1) is 15.4. The monoisotopic (exact) mass is 433 g/mol. The number of nitrogens with two attached hydrogens (primary N) is 2. The molecule has 1 heterocycles. The van der Waals surface area contributed by atoms with Crippen LogP contribution in [0.15, 0.2) is 48.5 Å². The van der Waals surface area contributed by atoms with E-state index < -0.39 is 0 Å². The lowest BCUT2D eigenvalue weighted by molar-refractivity contribution is 0.0917. The average Bonchev–Trinajstić information content (AvgIpc) is 3.15. The Bertz CT molecular complexity index is 1110. The fraction of sp³-hybridized carbons (Fsp3) is 0.360. The van der Waals surface area contributed by atoms with E-state index in [9.17, 15) is 4.79 Å². The topological polar surface area (TPSA) is 119 Å². The molecule has 1 aliphatic carbocycles. The number of anilines is 1. The van der Waals surface area contributed by atoms with Gasteiger partial charge in [0.05, 0.1) is 6.61 Å². The van der Waals surface area contributed by atoms with Gasteiger partial charge in [-0.2, -0.15) is 0 Å². The fourth-order valence-corrected chi connectivity index (χ4v) is 4.31. The van der Waals surface area contributed by atoms with E-state index >= 15 is 0 Å². The highest BCUT2D eigenvalue weighted by atomic mass is 16.5. The molecule has 0 unspecified atom stereocenters. The van der Waals surface area contributed by atoms with Crippen LogP contribution in [0.25, 0.3) is 10.9 Å². The van der Waals surface area contributed by atoms with Crippen molar-refractivity contribution in [1.29, 1.82) is 5.41 Å². The molecule has 1 amide bonds. The Morgan fingerprint density at radius 2 is 1.84 bits per heavy atom. The van der Waals surface area contributed by atoms with E-state index in [1.165, 1.54) is 0 Å². The van der Waals surface area contributed by atoms with Crippen LogP contribution in [0.2, 0.25) is 0 Å². The highest BCUT2D eigenvalue weighted by Crippen LogP contribution is 2.25. The van der Waals surface area contributed by atoms with Crippen molar-refractivity contribution in [2.75, 3.05) is 12.3 Å². The molecule has 1 fully saturated rings. The van der Waals surface area contributed by atoms with Crippen molar-refractivity contribution in [3.05, 3.63) is 65.4 Å². The maximum atomic E-state index is 13.3. The molecular formula is C25H31N5O2. The number of benzene rings is 2. The second kappa shape index (κ2) is 9.44. The molecule has 7 heteroatoms. The second-order valence-corrected chi connectivity index (χ2v) is 8.48. The number of nitrogens with one attached hydrogen (secondary N) is 2. The molecule has 0 spiro atoms. The summed E-state index contributed by atoms with van der Waals surface area (Å²) in [6.45, 7) is 2.81. The molecule has 7 nitrogen and oxygen atoms in total. The SMILES string of the molecule is CCOC(=N)c1ccc2cc(C(=O)N[C@H]3CC[C@H](N)CC3)n(Cc3ccc(N)cc3)c2c1. The second-order valence-electron chi connectivity index (χ2n) is 8.48. The zero-order valence-corrected chi connectivity index (χ0v) is 18.4. The van der Waals surface area contributed by atoms with Crippen molar-refractivity contribution in [2.45, 2.75) is 51.2 Å². The lowest BCUT2D eigenvalue weighted by Crippen LogP contribution is -2.41. The number of amides is 1. The van der Waals surface area contributed by atoms with Crippen LogP contribution in [0.3, 0.4) is 0 Å². The van der Waals surface area contributed by atoms with Gasteiger partial charge in [0.15, 0.2) is 0 Å². The highest BCUT2D eigenvalue weighted by molar-refractivity contribution is 6.01. The highest BCUT2D eigenvalue weighted by Gasteiger charge is 2.23. The van der Waals surface area contributed by atoms with Crippen LogP contribution in [0.4, 0.5) is 5.69 Å². The van der Waals surface area contributed by atoms with Crippen molar-refractivity contribution < 1.29 is 9.53 Å². The molecule has 4 rings (SSSR count). The van der Waals surface area contributed by atoms with Gasteiger partial charge in [0.2, 0.25) is 5.90 Å². The third kappa shape index (κ3) is 4.78. The van der Waals surface area contributed by atoms with Crippen LogP contribution in [0.1, 0.15) is 54.2 Å². The van der Waals surface area contributed by atoms with Gasteiger partial charge in [0, 0.05) is 40.8 Å². The third-order valence-corrected chi connectivity index (χ3v) is 6.12. The normalized spacial score (nSPS) is 18.4. The molecule has 168 valence electrons. The van der Waals surface area contributed by atoms with E-state index in [0.717, 1.165) is 42.1 Å². The Morgan fingerprint density at radius 1 is 1.12 bits per heavy atom. The summed E-state index contributed by atoms with van der Waals surface area (Å²) in [7, 11) is 0. The maximum Gasteiger partial charge on any atom is 0.268 e. The first-order valence-corrected chi connectivity index (χ1v) is 11.2. The van der Waals surface area contributed by atoms with Crippen LogP contribution in [0.5, 0.6) is 0 Å². The van der Waals surface area contributed by atoms with Crippen LogP contribution in [0, 0.1) is 5.41 Å². The smallest absolute Gasteiger partial charge is 0.268 e. The molecule has 6 N–H and O–H groups in total. The average molecular weight is 434 g/mol. The number of carbonyl (C=O) groups excluding carboxylic acids is 1. The number of carbonyl (C=O) groups is 1. The quantitative estimate of drug-likeness (QED) is 0.270. The molecule has 32 heavy (non-hydrogen) atoms. The van der Waals surface area contributed by atoms with Crippen molar-refractivity contribution >= 4 is 28.4 Å². The van der Waals surface area contributed by atoms with E-state index in [1.54, 1.807) is 0 Å². The summed E-state index contributed by atoms with van der Waals surface area (Å²) < 4.78 is 7.39. The van der Waals surface area contributed by atoms with Gasteiger partial charge in [-0.15, -0.1) is 0 Å². The maximum absolute atomic E-state index is 13.3. The largest absolute Gasteiger partial charge is 0.478 e. The summed E-state index contributed by atoms with van der Waals surface area (Å²) in [5.41, 5.74) is 15.8. The Hall–Kier alpha value is -3.32. The Morgan fingerprint density at radius 3 is 2.53 bits per heavy atom. The van der Waals surface area contributed by atoms with Crippen molar-refractivity contribution in [2.24, 2.45) is 5.73 Å². The summed E-state index contributed by atoms with van der Waals surface area (Å²) in [6, 6.07) is 15.7. The first-order valence-electron chi connectivity index (χ1n) is 11.2. The van der Waals surface area contributed by atoms with Gasteiger partial charge in [-0.3, -0.25) is 10.2 Å². The number of ether oxygens (including phenoxy) is 1. The number of fused-ring (bicyclic) bond motifs is 1. The van der Waals surface area contributed by atoms with Crippen molar-refractivity contribution in [3.8, 4) is 0 Å². The molecule has 0 bridgehead atoms. The lowest BCUT2D eigenvalue weighted by atomic mass is 9.92.